The van der Waals surface area contributed by atoms with Crippen molar-refractivity contribution in [1.29, 1.82) is 0 Å². The molecule has 0 radical (unpaired) electrons. The van der Waals surface area contributed by atoms with E-state index in [4.69, 9.17) is 18.9 Å². The maximum atomic E-state index is 5.65. The molecule has 0 aliphatic heterocycles. The Hall–Kier alpha value is -0.690. The number of ether oxygens (including phenoxy) is 4. The lowest BCUT2D eigenvalue weighted by Gasteiger charge is -2.07. The van der Waals surface area contributed by atoms with E-state index in [1.807, 2.05) is 12.1 Å². The van der Waals surface area contributed by atoms with Crippen molar-refractivity contribution in [1.82, 2.24) is 0 Å². The van der Waals surface area contributed by atoms with Crippen LogP contribution >= 0.6 is 0 Å². The Morgan fingerprint density at radius 1 is 0.833 bits per heavy atom. The molecule has 0 aliphatic rings. The van der Waals surface area contributed by atoms with E-state index in [2.05, 4.69) is 23.9 Å². The van der Waals surface area contributed by atoms with E-state index in [1.54, 1.807) is 7.11 Å². The average molecular weight is 406 g/mol. The summed E-state index contributed by atoms with van der Waals surface area (Å²) in [5.74, 6) is 0.884. The zero-order valence-corrected chi connectivity index (χ0v) is 16.6. The maximum Gasteiger partial charge on any atom is 0.172 e. The summed E-state index contributed by atoms with van der Waals surface area (Å²) in [6.07, 6.45) is 9.28. The van der Waals surface area contributed by atoms with Crippen LogP contribution in [0.4, 0.5) is 0 Å². The molecular formula is C18H32BrNO4. The van der Waals surface area contributed by atoms with E-state index in [-0.39, 0.29) is 17.0 Å². The van der Waals surface area contributed by atoms with Crippen molar-refractivity contribution in [2.45, 2.75) is 39.2 Å². The lowest BCUT2D eigenvalue weighted by atomic mass is 10.2. The normalized spacial score (nSPS) is 10.4. The highest BCUT2D eigenvalue weighted by atomic mass is 79.9. The second-order valence-corrected chi connectivity index (χ2v) is 5.40. The number of aryl methyl sites for hydroxylation is 1. The lowest BCUT2D eigenvalue weighted by Crippen LogP contribution is -3.00. The molecular weight excluding hydrogens is 374 g/mol. The van der Waals surface area contributed by atoms with Gasteiger partial charge in [0.1, 0.15) is 18.9 Å². The summed E-state index contributed by atoms with van der Waals surface area (Å²) < 4.78 is 23.5. The predicted octanol–water partition coefficient (Wildman–Crippen LogP) is -0.383. The van der Waals surface area contributed by atoms with E-state index in [0.29, 0.717) is 39.6 Å². The van der Waals surface area contributed by atoms with Gasteiger partial charge in [0.25, 0.3) is 0 Å². The number of aromatic nitrogens is 1. The molecule has 0 aliphatic carbocycles. The van der Waals surface area contributed by atoms with Crippen LogP contribution in [-0.4, -0.2) is 46.8 Å². The number of pyridine rings is 1. The third-order valence-corrected chi connectivity index (χ3v) is 3.43. The molecule has 0 N–H and O–H groups in total. The van der Waals surface area contributed by atoms with E-state index < -0.39 is 0 Å². The summed E-state index contributed by atoms with van der Waals surface area (Å²) in [7, 11) is 1.66. The number of hydrogen-bond donors (Lipinski definition) is 0. The topological polar surface area (TPSA) is 40.8 Å². The molecule has 0 bridgehead atoms. The van der Waals surface area contributed by atoms with Gasteiger partial charge in [-0.3, -0.25) is 0 Å². The Morgan fingerprint density at radius 3 is 2.08 bits per heavy atom. The van der Waals surface area contributed by atoms with Gasteiger partial charge in [0.05, 0.1) is 33.0 Å². The molecule has 1 aromatic heterocycles. The van der Waals surface area contributed by atoms with Gasteiger partial charge in [0.2, 0.25) is 0 Å². The summed E-state index contributed by atoms with van der Waals surface area (Å²) in [5.41, 5.74) is 0. The molecule has 6 heteroatoms. The zero-order chi connectivity index (χ0) is 16.6. The minimum atomic E-state index is 0. The van der Waals surface area contributed by atoms with Crippen LogP contribution < -0.4 is 26.3 Å². The van der Waals surface area contributed by atoms with Gasteiger partial charge in [-0.15, -0.1) is 0 Å². The molecule has 140 valence electrons. The van der Waals surface area contributed by atoms with Gasteiger partial charge in [-0.2, -0.15) is 0 Å². The molecule has 1 rings (SSSR count). The first-order valence-corrected chi connectivity index (χ1v) is 8.63. The van der Waals surface area contributed by atoms with E-state index in [1.165, 1.54) is 25.7 Å². The number of methoxy groups -OCH3 is 1. The van der Waals surface area contributed by atoms with Crippen molar-refractivity contribution in [3.63, 3.8) is 0 Å². The standard InChI is InChI=1S/C18H32NO4.BrH/c1-3-4-5-6-9-19-10-7-18(8-11-19)23-17-16-22-15-14-21-13-12-20-2;/h7-8,10-11H,3-6,9,12-17H2,1-2H3;1H/q+1;/p-1. The van der Waals surface area contributed by atoms with Gasteiger partial charge in [-0.1, -0.05) is 19.8 Å². The number of unbranched alkanes of at least 4 members (excludes halogenated alkanes) is 3. The average Bonchev–Trinajstić information content (AvgIpc) is 2.58. The van der Waals surface area contributed by atoms with Crippen molar-refractivity contribution in [2.75, 3.05) is 46.8 Å². The fourth-order valence-electron chi connectivity index (χ4n) is 2.09. The SMILES string of the molecule is CCCCCC[n+]1ccc(OCCOCCOCCOC)cc1.[Br-]. The fraction of sp³-hybridized carbons (Fsp3) is 0.722. The second kappa shape index (κ2) is 17.1. The van der Waals surface area contributed by atoms with E-state index in [0.717, 1.165) is 12.3 Å². The third kappa shape index (κ3) is 12.7. The highest BCUT2D eigenvalue weighted by molar-refractivity contribution is 5.14. The first-order chi connectivity index (χ1) is 11.4. The molecule has 1 aromatic rings. The van der Waals surface area contributed by atoms with Gasteiger partial charge < -0.3 is 35.9 Å². The van der Waals surface area contributed by atoms with Crippen LogP contribution in [0.3, 0.4) is 0 Å². The molecule has 0 saturated carbocycles. The molecule has 0 saturated heterocycles. The molecule has 0 spiro atoms. The number of hydrogen-bond acceptors (Lipinski definition) is 4. The highest BCUT2D eigenvalue weighted by Crippen LogP contribution is 2.06. The fourth-order valence-corrected chi connectivity index (χ4v) is 2.09. The molecule has 0 amide bonds. The smallest absolute Gasteiger partial charge is 0.172 e. The largest absolute Gasteiger partial charge is 1.00 e. The molecule has 0 aromatic carbocycles. The van der Waals surface area contributed by atoms with Crippen LogP contribution in [0.5, 0.6) is 5.75 Å². The second-order valence-electron chi connectivity index (χ2n) is 5.40. The lowest BCUT2D eigenvalue weighted by molar-refractivity contribution is -0.697. The molecule has 0 fully saturated rings. The quantitative estimate of drug-likeness (QED) is 0.294. The monoisotopic (exact) mass is 405 g/mol. The van der Waals surface area contributed by atoms with Gasteiger partial charge in [-0.05, 0) is 6.42 Å². The Morgan fingerprint density at radius 2 is 1.46 bits per heavy atom. The number of rotatable bonds is 15. The number of nitrogens with zero attached hydrogens (tertiary/aromatic N) is 1. The van der Waals surface area contributed by atoms with E-state index in [9.17, 15) is 0 Å². The van der Waals surface area contributed by atoms with Crippen molar-refractivity contribution in [3.05, 3.63) is 24.5 Å². The van der Waals surface area contributed by atoms with Crippen LogP contribution in [0, 0.1) is 0 Å². The van der Waals surface area contributed by atoms with Gasteiger partial charge >= 0.3 is 0 Å². The maximum absolute atomic E-state index is 5.65. The molecule has 24 heavy (non-hydrogen) atoms. The third-order valence-electron chi connectivity index (χ3n) is 3.43. The summed E-state index contributed by atoms with van der Waals surface area (Å²) in [6, 6.07) is 4.02. The molecule has 5 nitrogen and oxygen atoms in total. The van der Waals surface area contributed by atoms with E-state index >= 15 is 0 Å². The first kappa shape index (κ1) is 23.3. The van der Waals surface area contributed by atoms with Crippen molar-refractivity contribution in [2.24, 2.45) is 0 Å². The number of halogens is 1. The first-order valence-electron chi connectivity index (χ1n) is 8.63. The molecule has 1 heterocycles. The Balaban J connectivity index is 0.00000529. The van der Waals surface area contributed by atoms with Gasteiger partial charge in [0.15, 0.2) is 12.4 Å². The molecule has 0 atom stereocenters. The zero-order valence-electron chi connectivity index (χ0n) is 15.0. The van der Waals surface area contributed by atoms with Gasteiger partial charge in [-0.25, -0.2) is 4.57 Å². The highest BCUT2D eigenvalue weighted by Gasteiger charge is 2.01. The van der Waals surface area contributed by atoms with Gasteiger partial charge in [0, 0.05) is 25.7 Å². The van der Waals surface area contributed by atoms with Crippen LogP contribution in [0.1, 0.15) is 32.6 Å². The van der Waals surface area contributed by atoms with Crippen LogP contribution in [-0.2, 0) is 20.8 Å². The van der Waals surface area contributed by atoms with Crippen LogP contribution in [0.25, 0.3) is 0 Å². The Bertz CT molecular complexity index is 376. The summed E-state index contributed by atoms with van der Waals surface area (Å²) in [6.45, 7) is 6.84. The minimum absolute atomic E-state index is 0. The summed E-state index contributed by atoms with van der Waals surface area (Å²) in [5, 5.41) is 0. The predicted molar refractivity (Wildman–Crippen MR) is 89.8 cm³/mol. The van der Waals surface area contributed by atoms with Crippen molar-refractivity contribution >= 4 is 0 Å². The Kier molecular flexibility index (Phi) is 16.7. The minimum Gasteiger partial charge on any atom is -1.00 e. The summed E-state index contributed by atoms with van der Waals surface area (Å²) in [4.78, 5) is 0. The Labute approximate surface area is 157 Å². The van der Waals surface area contributed by atoms with Crippen LogP contribution in [0.15, 0.2) is 24.5 Å². The van der Waals surface area contributed by atoms with Crippen LogP contribution in [0.2, 0.25) is 0 Å². The van der Waals surface area contributed by atoms with Crippen molar-refractivity contribution < 1.29 is 40.5 Å². The van der Waals surface area contributed by atoms with Crippen molar-refractivity contribution in [3.8, 4) is 5.75 Å². The molecule has 0 unspecified atom stereocenters. The summed E-state index contributed by atoms with van der Waals surface area (Å²) >= 11 is 0.